The number of hydrogen-bond acceptors (Lipinski definition) is 2. The van der Waals surface area contributed by atoms with E-state index in [1.54, 1.807) is 4.90 Å². The number of hydrogen-bond donors (Lipinski definition) is 2. The summed E-state index contributed by atoms with van der Waals surface area (Å²) in [4.78, 5) is 23.6. The van der Waals surface area contributed by atoms with E-state index in [9.17, 15) is 9.59 Å². The van der Waals surface area contributed by atoms with Gasteiger partial charge in [0, 0.05) is 12.1 Å². The van der Waals surface area contributed by atoms with Crippen LogP contribution in [0, 0.1) is 0 Å². The number of urea groups is 2. The van der Waals surface area contributed by atoms with Gasteiger partial charge in [0.1, 0.15) is 0 Å². The van der Waals surface area contributed by atoms with E-state index in [-0.39, 0.29) is 5.54 Å². The smallest absolute Gasteiger partial charge is 0.325 e. The van der Waals surface area contributed by atoms with Gasteiger partial charge in [-0.15, -0.1) is 0 Å². The Bertz CT molecular complexity index is 221. The van der Waals surface area contributed by atoms with Crippen LogP contribution in [-0.2, 0) is 0 Å². The molecule has 0 aliphatic rings. The molecule has 0 bridgehead atoms. The maximum absolute atomic E-state index is 11.5. The number of rotatable bonds is 2. The lowest BCUT2D eigenvalue weighted by molar-refractivity contribution is 0.146. The monoisotopic (exact) mass is 201 g/mol. The Balaban J connectivity index is 4.49. The van der Waals surface area contributed by atoms with Crippen LogP contribution in [0.1, 0.15) is 34.1 Å². The molecule has 4 amide bonds. The third kappa shape index (κ3) is 4.11. The van der Waals surface area contributed by atoms with Crippen LogP contribution < -0.4 is 11.1 Å². The molecule has 0 heterocycles. The van der Waals surface area contributed by atoms with E-state index in [2.05, 4.69) is 5.32 Å². The number of nitrogens with two attached hydrogens (primary N) is 1. The fraction of sp³-hybridized carbons (Fsp3) is 0.778. The van der Waals surface area contributed by atoms with Crippen molar-refractivity contribution in [1.82, 2.24) is 10.2 Å². The lowest BCUT2D eigenvalue weighted by Crippen LogP contribution is -2.53. The molecule has 0 aliphatic heterocycles. The second-order valence-electron chi connectivity index (χ2n) is 4.12. The highest BCUT2D eigenvalue weighted by molar-refractivity contribution is 5.92. The first kappa shape index (κ1) is 12.7. The van der Waals surface area contributed by atoms with Crippen LogP contribution in [0.25, 0.3) is 0 Å². The number of primary amides is 1. The third-order valence-electron chi connectivity index (χ3n) is 1.73. The van der Waals surface area contributed by atoms with Crippen LogP contribution in [0.4, 0.5) is 9.59 Å². The molecule has 5 heteroatoms. The molecule has 0 aromatic heterocycles. The minimum absolute atomic E-state index is 0.310. The number of nitrogens with zero attached hydrogens (tertiary/aromatic N) is 1. The molecule has 0 atom stereocenters. The molecular formula is C9H19N3O2. The molecule has 3 N–H and O–H groups in total. The second-order valence-corrected chi connectivity index (χ2v) is 4.12. The lowest BCUT2D eigenvalue weighted by atomic mass is 10.1. The lowest BCUT2D eigenvalue weighted by Gasteiger charge is -2.35. The Morgan fingerprint density at radius 3 is 2.14 bits per heavy atom. The summed E-state index contributed by atoms with van der Waals surface area (Å²) in [5.41, 5.74) is 4.56. The Hall–Kier alpha value is -1.26. The van der Waals surface area contributed by atoms with Crippen LogP contribution in [0.2, 0.25) is 0 Å². The quantitative estimate of drug-likeness (QED) is 0.706. The van der Waals surface area contributed by atoms with Crippen LogP contribution in [0.5, 0.6) is 0 Å². The summed E-state index contributed by atoms with van der Waals surface area (Å²) in [6.45, 7) is 8.29. The maximum Gasteiger partial charge on any atom is 0.325 e. The molecule has 0 spiro atoms. The third-order valence-corrected chi connectivity index (χ3v) is 1.73. The zero-order valence-electron chi connectivity index (χ0n) is 9.26. The minimum atomic E-state index is -0.819. The van der Waals surface area contributed by atoms with Crippen molar-refractivity contribution in [3.05, 3.63) is 0 Å². The van der Waals surface area contributed by atoms with Crippen LogP contribution in [-0.4, -0.2) is 29.0 Å². The van der Waals surface area contributed by atoms with Crippen molar-refractivity contribution in [2.45, 2.75) is 39.7 Å². The summed E-state index contributed by atoms with van der Waals surface area (Å²) >= 11 is 0. The molecule has 0 rings (SSSR count). The number of carbonyl (C=O) groups is 2. The number of carbonyl (C=O) groups excluding carboxylic acids is 2. The zero-order chi connectivity index (χ0) is 11.4. The van der Waals surface area contributed by atoms with Crippen molar-refractivity contribution in [3.63, 3.8) is 0 Å². The molecule has 82 valence electrons. The van der Waals surface area contributed by atoms with Gasteiger partial charge in [-0.1, -0.05) is 6.92 Å². The molecule has 0 radical (unpaired) electrons. The average Bonchev–Trinajstić information content (AvgIpc) is 1.96. The van der Waals surface area contributed by atoms with Gasteiger partial charge >= 0.3 is 12.1 Å². The van der Waals surface area contributed by atoms with E-state index in [0.717, 1.165) is 6.42 Å². The van der Waals surface area contributed by atoms with E-state index in [0.29, 0.717) is 6.54 Å². The number of imide groups is 1. The summed E-state index contributed by atoms with van der Waals surface area (Å²) in [5.74, 6) is 0. The van der Waals surface area contributed by atoms with Crippen molar-refractivity contribution in [3.8, 4) is 0 Å². The van der Waals surface area contributed by atoms with E-state index >= 15 is 0 Å². The van der Waals surface area contributed by atoms with Gasteiger partial charge in [-0.05, 0) is 27.2 Å². The number of nitrogens with one attached hydrogen (secondary N) is 1. The van der Waals surface area contributed by atoms with Gasteiger partial charge in [-0.25, -0.2) is 9.59 Å². The molecule has 0 aromatic rings. The van der Waals surface area contributed by atoms with Crippen LogP contribution in [0.3, 0.4) is 0 Å². The summed E-state index contributed by atoms with van der Waals surface area (Å²) in [7, 11) is 0. The van der Waals surface area contributed by atoms with Crippen molar-refractivity contribution < 1.29 is 9.59 Å². The predicted molar refractivity (Wildman–Crippen MR) is 54.9 cm³/mol. The van der Waals surface area contributed by atoms with E-state index in [1.165, 1.54) is 0 Å². The summed E-state index contributed by atoms with van der Waals surface area (Å²) < 4.78 is 0. The van der Waals surface area contributed by atoms with Gasteiger partial charge in [0.15, 0.2) is 0 Å². The van der Waals surface area contributed by atoms with E-state index in [1.807, 2.05) is 27.7 Å². The van der Waals surface area contributed by atoms with Crippen molar-refractivity contribution in [2.24, 2.45) is 5.73 Å². The highest BCUT2D eigenvalue weighted by atomic mass is 16.2. The van der Waals surface area contributed by atoms with E-state index in [4.69, 9.17) is 5.73 Å². The highest BCUT2D eigenvalue weighted by Crippen LogP contribution is 2.13. The van der Waals surface area contributed by atoms with Gasteiger partial charge in [-0.2, -0.15) is 0 Å². The molecular weight excluding hydrogens is 182 g/mol. The molecule has 14 heavy (non-hydrogen) atoms. The van der Waals surface area contributed by atoms with Crippen molar-refractivity contribution in [2.75, 3.05) is 6.54 Å². The Labute approximate surface area is 84.6 Å². The summed E-state index contributed by atoms with van der Waals surface area (Å²) in [5, 5.41) is 2.06. The fourth-order valence-corrected chi connectivity index (χ4v) is 1.14. The molecule has 0 saturated heterocycles. The Morgan fingerprint density at radius 2 is 1.86 bits per heavy atom. The zero-order valence-corrected chi connectivity index (χ0v) is 9.26. The normalized spacial score (nSPS) is 10.9. The van der Waals surface area contributed by atoms with Crippen molar-refractivity contribution >= 4 is 12.1 Å². The SMILES string of the molecule is CCCN(C(=O)NC(N)=O)C(C)(C)C. The maximum atomic E-state index is 11.5. The molecule has 0 saturated carbocycles. The Morgan fingerprint density at radius 1 is 1.36 bits per heavy atom. The standard InChI is InChI=1S/C9H19N3O2/c1-5-6-12(9(2,3)4)8(14)11-7(10)13/h5-6H2,1-4H3,(H3,10,11,13,14). The molecule has 0 fully saturated rings. The minimum Gasteiger partial charge on any atom is -0.351 e. The van der Waals surface area contributed by atoms with Gasteiger partial charge in [0.05, 0.1) is 0 Å². The van der Waals surface area contributed by atoms with Gasteiger partial charge in [0.25, 0.3) is 0 Å². The molecule has 0 aromatic carbocycles. The first-order valence-electron chi connectivity index (χ1n) is 4.67. The van der Waals surface area contributed by atoms with Crippen LogP contribution in [0.15, 0.2) is 0 Å². The first-order chi connectivity index (χ1) is 6.29. The summed E-state index contributed by atoms with van der Waals surface area (Å²) in [6.07, 6.45) is 0.837. The Kier molecular flexibility index (Phi) is 4.40. The molecule has 0 aliphatic carbocycles. The molecule has 0 unspecified atom stereocenters. The summed E-state index contributed by atoms with van der Waals surface area (Å²) in [6, 6.07) is -1.26. The van der Waals surface area contributed by atoms with Gasteiger partial charge < -0.3 is 10.6 Å². The highest BCUT2D eigenvalue weighted by Gasteiger charge is 2.25. The van der Waals surface area contributed by atoms with Gasteiger partial charge in [-0.3, -0.25) is 5.32 Å². The van der Waals surface area contributed by atoms with Crippen molar-refractivity contribution in [1.29, 1.82) is 0 Å². The largest absolute Gasteiger partial charge is 0.351 e. The topological polar surface area (TPSA) is 75.4 Å². The van der Waals surface area contributed by atoms with E-state index < -0.39 is 12.1 Å². The van der Waals surface area contributed by atoms with Gasteiger partial charge in [0.2, 0.25) is 0 Å². The average molecular weight is 201 g/mol. The number of amides is 4. The second kappa shape index (κ2) is 4.83. The predicted octanol–water partition coefficient (Wildman–Crippen LogP) is 1.29. The fourth-order valence-electron chi connectivity index (χ4n) is 1.14. The molecule has 5 nitrogen and oxygen atoms in total. The van der Waals surface area contributed by atoms with Crippen LogP contribution >= 0.6 is 0 Å². The first-order valence-corrected chi connectivity index (χ1v) is 4.67.